The number of nitrogens with one attached hydrogen (secondary N) is 1. The fourth-order valence-corrected chi connectivity index (χ4v) is 3.69. The lowest BCUT2D eigenvalue weighted by atomic mass is 10.1. The van der Waals surface area contributed by atoms with E-state index < -0.39 is 0 Å². The average Bonchev–Trinajstić information content (AvgIpc) is 2.79. The molecule has 0 saturated carbocycles. The molecule has 2 aromatic carbocycles. The van der Waals surface area contributed by atoms with E-state index in [1.165, 1.54) is 19.3 Å². The molecule has 0 atom stereocenters. The molecule has 0 aliphatic carbocycles. The molecule has 4 rings (SSSR count). The Bertz CT molecular complexity index is 950. The van der Waals surface area contributed by atoms with Gasteiger partial charge in [-0.05, 0) is 54.7 Å². The van der Waals surface area contributed by atoms with E-state index in [-0.39, 0.29) is 5.91 Å². The van der Waals surface area contributed by atoms with Crippen molar-refractivity contribution in [2.75, 3.05) is 18.0 Å². The SMILES string of the molecule is O=C(NCc1ccc(Br)cc1)c1ccc(-c2cnc(N3CCCCC3)nc2)cc1. The van der Waals surface area contributed by atoms with Crippen LogP contribution in [0, 0.1) is 0 Å². The van der Waals surface area contributed by atoms with E-state index >= 15 is 0 Å². The maximum absolute atomic E-state index is 12.4. The monoisotopic (exact) mass is 450 g/mol. The van der Waals surface area contributed by atoms with Crippen molar-refractivity contribution in [3.8, 4) is 11.1 Å². The highest BCUT2D eigenvalue weighted by molar-refractivity contribution is 9.10. The van der Waals surface area contributed by atoms with E-state index in [1.54, 1.807) is 0 Å². The lowest BCUT2D eigenvalue weighted by molar-refractivity contribution is 0.0951. The number of hydrogen-bond acceptors (Lipinski definition) is 4. The van der Waals surface area contributed by atoms with Gasteiger partial charge < -0.3 is 10.2 Å². The van der Waals surface area contributed by atoms with E-state index in [2.05, 4.69) is 36.1 Å². The Morgan fingerprint density at radius 2 is 1.55 bits per heavy atom. The lowest BCUT2D eigenvalue weighted by Gasteiger charge is -2.26. The van der Waals surface area contributed by atoms with Gasteiger partial charge in [-0.3, -0.25) is 4.79 Å². The Labute approximate surface area is 179 Å². The van der Waals surface area contributed by atoms with Crippen LogP contribution in [0.25, 0.3) is 11.1 Å². The number of amides is 1. The Hall–Kier alpha value is -2.73. The molecular formula is C23H23BrN4O. The van der Waals surface area contributed by atoms with Crippen molar-refractivity contribution >= 4 is 27.8 Å². The molecule has 1 amide bonds. The minimum Gasteiger partial charge on any atom is -0.348 e. The topological polar surface area (TPSA) is 58.1 Å². The predicted molar refractivity (Wildman–Crippen MR) is 119 cm³/mol. The molecule has 1 N–H and O–H groups in total. The molecule has 1 aliphatic heterocycles. The number of rotatable bonds is 5. The number of carbonyl (C=O) groups excluding carboxylic acids is 1. The summed E-state index contributed by atoms with van der Waals surface area (Å²) in [5, 5.41) is 2.95. The van der Waals surface area contributed by atoms with Gasteiger partial charge in [0.25, 0.3) is 5.91 Å². The van der Waals surface area contributed by atoms with Crippen LogP contribution in [0.4, 0.5) is 5.95 Å². The third-order valence-corrected chi connectivity index (χ3v) is 5.65. The molecule has 1 fully saturated rings. The second-order valence-electron chi connectivity index (χ2n) is 7.21. The van der Waals surface area contributed by atoms with Gasteiger partial charge in [0.05, 0.1) is 0 Å². The minimum absolute atomic E-state index is 0.0869. The van der Waals surface area contributed by atoms with Crippen molar-refractivity contribution in [2.45, 2.75) is 25.8 Å². The van der Waals surface area contributed by atoms with Gasteiger partial charge in [0.2, 0.25) is 5.95 Å². The number of aromatic nitrogens is 2. The molecule has 0 bridgehead atoms. The van der Waals surface area contributed by atoms with Crippen LogP contribution in [0.3, 0.4) is 0 Å². The van der Waals surface area contributed by atoms with Gasteiger partial charge in [0.1, 0.15) is 0 Å². The number of hydrogen-bond donors (Lipinski definition) is 1. The maximum Gasteiger partial charge on any atom is 0.251 e. The number of nitrogens with zero attached hydrogens (tertiary/aromatic N) is 3. The minimum atomic E-state index is -0.0869. The highest BCUT2D eigenvalue weighted by Gasteiger charge is 2.13. The molecule has 2 heterocycles. The fourth-order valence-electron chi connectivity index (χ4n) is 3.43. The van der Waals surface area contributed by atoms with Crippen molar-refractivity contribution < 1.29 is 4.79 Å². The Morgan fingerprint density at radius 1 is 0.897 bits per heavy atom. The molecule has 0 radical (unpaired) electrons. The molecule has 6 heteroatoms. The molecule has 0 spiro atoms. The van der Waals surface area contributed by atoms with Crippen LogP contribution in [0.1, 0.15) is 35.2 Å². The van der Waals surface area contributed by atoms with E-state index in [4.69, 9.17) is 0 Å². The first-order valence-electron chi connectivity index (χ1n) is 9.89. The van der Waals surface area contributed by atoms with Crippen LogP contribution < -0.4 is 10.2 Å². The van der Waals surface area contributed by atoms with E-state index in [0.29, 0.717) is 12.1 Å². The van der Waals surface area contributed by atoms with Gasteiger partial charge in [-0.2, -0.15) is 0 Å². The second kappa shape index (κ2) is 9.18. The second-order valence-corrected chi connectivity index (χ2v) is 8.12. The number of benzene rings is 2. The molecule has 1 aromatic heterocycles. The third kappa shape index (κ3) is 5.01. The van der Waals surface area contributed by atoms with Crippen LogP contribution in [0.15, 0.2) is 65.4 Å². The summed E-state index contributed by atoms with van der Waals surface area (Å²) in [6.45, 7) is 2.56. The van der Waals surface area contributed by atoms with Gasteiger partial charge in [0.15, 0.2) is 0 Å². The molecule has 148 valence electrons. The molecule has 1 saturated heterocycles. The van der Waals surface area contributed by atoms with Gasteiger partial charge >= 0.3 is 0 Å². The fraction of sp³-hybridized carbons (Fsp3) is 0.261. The summed E-state index contributed by atoms with van der Waals surface area (Å²) >= 11 is 3.41. The van der Waals surface area contributed by atoms with Crippen LogP contribution in [0.2, 0.25) is 0 Å². The first-order chi connectivity index (χ1) is 14.2. The van der Waals surface area contributed by atoms with Crippen molar-refractivity contribution in [3.05, 3.63) is 76.5 Å². The van der Waals surface area contributed by atoms with Gasteiger partial charge in [-0.25, -0.2) is 9.97 Å². The standard InChI is InChI=1S/C23H23BrN4O/c24-21-10-4-17(5-11-21)14-25-22(29)19-8-6-18(7-9-19)20-15-26-23(27-16-20)28-12-2-1-3-13-28/h4-11,15-16H,1-3,12-14H2,(H,25,29). The summed E-state index contributed by atoms with van der Waals surface area (Å²) < 4.78 is 1.02. The first kappa shape index (κ1) is 19.6. The zero-order chi connectivity index (χ0) is 20.1. The van der Waals surface area contributed by atoms with Gasteiger partial charge in [0, 0.05) is 47.6 Å². The zero-order valence-corrected chi connectivity index (χ0v) is 17.7. The van der Waals surface area contributed by atoms with Crippen molar-refractivity contribution in [3.63, 3.8) is 0 Å². The maximum atomic E-state index is 12.4. The summed E-state index contributed by atoms with van der Waals surface area (Å²) in [4.78, 5) is 23.7. The average molecular weight is 451 g/mol. The smallest absolute Gasteiger partial charge is 0.251 e. The molecule has 29 heavy (non-hydrogen) atoms. The van der Waals surface area contributed by atoms with E-state index in [0.717, 1.165) is 40.2 Å². The van der Waals surface area contributed by atoms with E-state index in [1.807, 2.05) is 60.9 Å². The summed E-state index contributed by atoms with van der Waals surface area (Å²) in [5.41, 5.74) is 3.65. The molecular weight excluding hydrogens is 428 g/mol. The molecule has 5 nitrogen and oxygen atoms in total. The van der Waals surface area contributed by atoms with Crippen LogP contribution in [-0.4, -0.2) is 29.0 Å². The predicted octanol–water partition coefficient (Wildman–Crippen LogP) is 4.83. The highest BCUT2D eigenvalue weighted by Crippen LogP contribution is 2.21. The Kier molecular flexibility index (Phi) is 6.20. The molecule has 3 aromatic rings. The summed E-state index contributed by atoms with van der Waals surface area (Å²) in [5.74, 6) is 0.716. The number of carbonyl (C=O) groups is 1. The van der Waals surface area contributed by atoms with Crippen LogP contribution in [0.5, 0.6) is 0 Å². The van der Waals surface area contributed by atoms with Crippen molar-refractivity contribution in [1.82, 2.24) is 15.3 Å². The molecule has 0 unspecified atom stereocenters. The number of anilines is 1. The van der Waals surface area contributed by atoms with Gasteiger partial charge in [-0.1, -0.05) is 40.2 Å². The Morgan fingerprint density at radius 3 is 2.21 bits per heavy atom. The summed E-state index contributed by atoms with van der Waals surface area (Å²) in [7, 11) is 0. The van der Waals surface area contributed by atoms with E-state index in [9.17, 15) is 4.79 Å². The Balaban J connectivity index is 1.38. The number of halogens is 1. The largest absolute Gasteiger partial charge is 0.348 e. The number of piperidine rings is 1. The van der Waals surface area contributed by atoms with Crippen LogP contribution >= 0.6 is 15.9 Å². The van der Waals surface area contributed by atoms with Crippen molar-refractivity contribution in [2.24, 2.45) is 0 Å². The summed E-state index contributed by atoms with van der Waals surface area (Å²) in [6.07, 6.45) is 7.42. The lowest BCUT2D eigenvalue weighted by Crippen LogP contribution is -2.30. The van der Waals surface area contributed by atoms with Crippen molar-refractivity contribution in [1.29, 1.82) is 0 Å². The summed E-state index contributed by atoms with van der Waals surface area (Å²) in [6, 6.07) is 15.5. The highest BCUT2D eigenvalue weighted by atomic mass is 79.9. The quantitative estimate of drug-likeness (QED) is 0.604. The van der Waals surface area contributed by atoms with Gasteiger partial charge in [-0.15, -0.1) is 0 Å². The zero-order valence-electron chi connectivity index (χ0n) is 16.1. The van der Waals surface area contributed by atoms with Crippen LogP contribution in [-0.2, 0) is 6.54 Å². The third-order valence-electron chi connectivity index (χ3n) is 5.12. The molecule has 1 aliphatic rings. The normalized spacial score (nSPS) is 13.9. The first-order valence-corrected chi connectivity index (χ1v) is 10.7.